The summed E-state index contributed by atoms with van der Waals surface area (Å²) in [4.78, 5) is 11.8. The summed E-state index contributed by atoms with van der Waals surface area (Å²) in [6.45, 7) is 10.6. The Kier molecular flexibility index (Phi) is 4.95. The Morgan fingerprint density at radius 2 is 1.88 bits per heavy atom. The van der Waals surface area contributed by atoms with Crippen LogP contribution in [0, 0.1) is 0 Å². The molecule has 1 aliphatic rings. The van der Waals surface area contributed by atoms with E-state index in [2.05, 4.69) is 38.3 Å². The van der Waals surface area contributed by atoms with Gasteiger partial charge in [0.15, 0.2) is 0 Å². The fourth-order valence-corrected chi connectivity index (χ4v) is 1.90. The minimum absolute atomic E-state index is 0.0723. The van der Waals surface area contributed by atoms with Crippen molar-refractivity contribution in [1.29, 1.82) is 0 Å². The quantitative estimate of drug-likeness (QED) is 0.784. The van der Waals surface area contributed by atoms with Crippen LogP contribution in [0.2, 0.25) is 0 Å². The Labute approximate surface area is 104 Å². The Morgan fingerprint density at radius 3 is 2.41 bits per heavy atom. The molecule has 1 fully saturated rings. The second kappa shape index (κ2) is 5.83. The van der Waals surface area contributed by atoms with Crippen LogP contribution in [0.4, 0.5) is 0 Å². The van der Waals surface area contributed by atoms with Crippen molar-refractivity contribution in [2.24, 2.45) is 0 Å². The molecule has 1 saturated heterocycles. The van der Waals surface area contributed by atoms with E-state index in [0.717, 1.165) is 32.6 Å². The molecule has 0 aliphatic carbocycles. The van der Waals surface area contributed by atoms with Gasteiger partial charge in [0.2, 0.25) is 5.91 Å². The van der Waals surface area contributed by atoms with Crippen LogP contribution in [0.5, 0.6) is 0 Å². The fourth-order valence-electron chi connectivity index (χ4n) is 1.90. The summed E-state index contributed by atoms with van der Waals surface area (Å²) in [5, 5.41) is 6.44. The first-order valence-electron chi connectivity index (χ1n) is 6.45. The van der Waals surface area contributed by atoms with Crippen LogP contribution in [0.15, 0.2) is 0 Å². The molecule has 0 saturated carbocycles. The van der Waals surface area contributed by atoms with Gasteiger partial charge in [-0.15, -0.1) is 0 Å². The third kappa shape index (κ3) is 6.03. The minimum Gasteiger partial charge on any atom is -0.381 e. The molecular weight excluding hydrogens is 216 g/mol. The van der Waals surface area contributed by atoms with Crippen molar-refractivity contribution in [3.8, 4) is 0 Å². The number of rotatable bonds is 4. The predicted octanol–water partition coefficient (Wildman–Crippen LogP) is 1.45. The lowest BCUT2D eigenvalue weighted by atomic mass is 9.92. The Morgan fingerprint density at radius 1 is 1.29 bits per heavy atom. The summed E-state index contributed by atoms with van der Waals surface area (Å²) in [5.74, 6) is 0.131. The molecule has 0 aromatic rings. The molecule has 2 N–H and O–H groups in total. The Bertz CT molecular complexity index is 253. The van der Waals surface area contributed by atoms with Crippen LogP contribution in [0.3, 0.4) is 0 Å². The van der Waals surface area contributed by atoms with E-state index < -0.39 is 0 Å². The van der Waals surface area contributed by atoms with Gasteiger partial charge in [0.25, 0.3) is 0 Å². The summed E-state index contributed by atoms with van der Waals surface area (Å²) < 4.78 is 5.31. The topological polar surface area (TPSA) is 50.4 Å². The first-order valence-corrected chi connectivity index (χ1v) is 6.45. The molecule has 0 aromatic carbocycles. The Balaban J connectivity index is 2.24. The summed E-state index contributed by atoms with van der Waals surface area (Å²) in [6.07, 6.45) is 2.35. The number of hydrogen-bond donors (Lipinski definition) is 2. The molecule has 1 aliphatic heterocycles. The SMILES string of the molecule is CC(C)(C)NCCC(=O)NC1(C)CCOCC1. The second-order valence-corrected chi connectivity index (χ2v) is 6.15. The molecule has 0 unspecified atom stereocenters. The van der Waals surface area contributed by atoms with Crippen molar-refractivity contribution >= 4 is 5.91 Å². The molecule has 4 nitrogen and oxygen atoms in total. The molecule has 17 heavy (non-hydrogen) atoms. The molecule has 1 heterocycles. The Hall–Kier alpha value is -0.610. The number of carbonyl (C=O) groups excluding carboxylic acids is 1. The lowest BCUT2D eigenvalue weighted by Crippen LogP contribution is -2.50. The van der Waals surface area contributed by atoms with Crippen LogP contribution in [0.25, 0.3) is 0 Å². The van der Waals surface area contributed by atoms with Gasteiger partial charge in [0, 0.05) is 37.3 Å². The average Bonchev–Trinajstić information content (AvgIpc) is 2.15. The van der Waals surface area contributed by atoms with E-state index in [9.17, 15) is 4.79 Å². The van der Waals surface area contributed by atoms with E-state index in [4.69, 9.17) is 4.74 Å². The lowest BCUT2D eigenvalue weighted by molar-refractivity contribution is -0.123. The van der Waals surface area contributed by atoms with Crippen molar-refractivity contribution < 1.29 is 9.53 Å². The first-order chi connectivity index (χ1) is 7.81. The van der Waals surface area contributed by atoms with Crippen molar-refractivity contribution in [3.63, 3.8) is 0 Å². The number of ether oxygens (including phenoxy) is 1. The third-order valence-electron chi connectivity index (χ3n) is 3.04. The van der Waals surface area contributed by atoms with E-state index in [0.29, 0.717) is 6.42 Å². The zero-order valence-corrected chi connectivity index (χ0v) is 11.6. The molecule has 1 rings (SSSR count). The van der Waals surface area contributed by atoms with Crippen LogP contribution in [-0.4, -0.2) is 36.7 Å². The molecule has 4 heteroatoms. The van der Waals surface area contributed by atoms with E-state index >= 15 is 0 Å². The third-order valence-corrected chi connectivity index (χ3v) is 3.04. The van der Waals surface area contributed by atoms with Crippen LogP contribution >= 0.6 is 0 Å². The molecule has 1 amide bonds. The van der Waals surface area contributed by atoms with E-state index in [1.807, 2.05) is 0 Å². The van der Waals surface area contributed by atoms with Gasteiger partial charge in [-0.05, 0) is 40.5 Å². The van der Waals surface area contributed by atoms with E-state index in [-0.39, 0.29) is 17.0 Å². The maximum Gasteiger partial charge on any atom is 0.221 e. The number of hydrogen-bond acceptors (Lipinski definition) is 3. The van der Waals surface area contributed by atoms with Gasteiger partial charge < -0.3 is 15.4 Å². The van der Waals surface area contributed by atoms with Crippen LogP contribution in [-0.2, 0) is 9.53 Å². The van der Waals surface area contributed by atoms with Gasteiger partial charge >= 0.3 is 0 Å². The highest BCUT2D eigenvalue weighted by Crippen LogP contribution is 2.19. The lowest BCUT2D eigenvalue weighted by Gasteiger charge is -2.34. The second-order valence-electron chi connectivity index (χ2n) is 6.15. The highest BCUT2D eigenvalue weighted by Gasteiger charge is 2.28. The van der Waals surface area contributed by atoms with Crippen molar-refractivity contribution in [1.82, 2.24) is 10.6 Å². The standard InChI is InChI=1S/C13H26N2O2/c1-12(2,3)14-8-5-11(16)15-13(4)6-9-17-10-7-13/h14H,5-10H2,1-4H3,(H,15,16). The minimum atomic E-state index is -0.0724. The highest BCUT2D eigenvalue weighted by atomic mass is 16.5. The first kappa shape index (κ1) is 14.5. The molecule has 0 spiro atoms. The summed E-state index contributed by atoms with van der Waals surface area (Å²) in [7, 11) is 0. The monoisotopic (exact) mass is 242 g/mol. The molecular formula is C13H26N2O2. The van der Waals surface area contributed by atoms with Crippen molar-refractivity contribution in [2.45, 2.75) is 58.0 Å². The highest BCUT2D eigenvalue weighted by molar-refractivity contribution is 5.76. The van der Waals surface area contributed by atoms with Crippen LogP contribution in [0.1, 0.15) is 47.0 Å². The maximum absolute atomic E-state index is 11.8. The van der Waals surface area contributed by atoms with Crippen LogP contribution < -0.4 is 10.6 Å². The van der Waals surface area contributed by atoms with Crippen molar-refractivity contribution in [3.05, 3.63) is 0 Å². The molecule has 0 atom stereocenters. The summed E-state index contributed by atoms with van der Waals surface area (Å²) >= 11 is 0. The van der Waals surface area contributed by atoms with Gasteiger partial charge in [-0.1, -0.05) is 0 Å². The number of carbonyl (C=O) groups is 1. The zero-order chi connectivity index (χ0) is 12.9. The average molecular weight is 242 g/mol. The molecule has 0 bridgehead atoms. The number of nitrogens with one attached hydrogen (secondary N) is 2. The van der Waals surface area contributed by atoms with Gasteiger partial charge in [-0.25, -0.2) is 0 Å². The van der Waals surface area contributed by atoms with Gasteiger partial charge in [-0.3, -0.25) is 4.79 Å². The maximum atomic E-state index is 11.8. The zero-order valence-electron chi connectivity index (χ0n) is 11.6. The fraction of sp³-hybridized carbons (Fsp3) is 0.923. The normalized spacial score (nSPS) is 20.0. The number of amides is 1. The molecule has 100 valence electrons. The molecule has 0 aromatic heterocycles. The predicted molar refractivity (Wildman–Crippen MR) is 69.0 cm³/mol. The van der Waals surface area contributed by atoms with E-state index in [1.54, 1.807) is 0 Å². The molecule has 0 radical (unpaired) electrons. The van der Waals surface area contributed by atoms with E-state index in [1.165, 1.54) is 0 Å². The van der Waals surface area contributed by atoms with Gasteiger partial charge in [0.05, 0.1) is 0 Å². The smallest absolute Gasteiger partial charge is 0.221 e. The summed E-state index contributed by atoms with van der Waals surface area (Å²) in [5.41, 5.74) is -0.0000733. The summed E-state index contributed by atoms with van der Waals surface area (Å²) in [6, 6.07) is 0. The largest absolute Gasteiger partial charge is 0.381 e. The van der Waals surface area contributed by atoms with Crippen molar-refractivity contribution in [2.75, 3.05) is 19.8 Å². The van der Waals surface area contributed by atoms with Gasteiger partial charge in [-0.2, -0.15) is 0 Å². The van der Waals surface area contributed by atoms with Gasteiger partial charge in [0.1, 0.15) is 0 Å².